The highest BCUT2D eigenvalue weighted by molar-refractivity contribution is 6.63. The summed E-state index contributed by atoms with van der Waals surface area (Å²) < 4.78 is -2.25. The van der Waals surface area contributed by atoms with Crippen molar-refractivity contribution in [2.75, 3.05) is 0 Å². The SMILES string of the molecule is ClC(Cl)Cl.ClC(Cl)Cl.ClC(Cl)Cl. The summed E-state index contributed by atoms with van der Waals surface area (Å²) in [6.45, 7) is 0. The van der Waals surface area contributed by atoms with Gasteiger partial charge in [-0.05, 0) is 0 Å². The van der Waals surface area contributed by atoms with Crippen LogP contribution in [-0.2, 0) is 0 Å². The molecule has 0 aromatic heterocycles. The molecule has 0 fully saturated rings. The molecule has 0 radical (unpaired) electrons. The largest absolute Gasteiger partial charge is 0.180 e. The molecule has 0 saturated carbocycles. The highest BCUT2D eigenvalue weighted by Gasteiger charge is 1.79. The summed E-state index contributed by atoms with van der Waals surface area (Å²) in [5.74, 6) is 0. The van der Waals surface area contributed by atoms with Gasteiger partial charge in [-0.15, -0.1) is 0 Å². The van der Waals surface area contributed by atoms with Crippen molar-refractivity contribution >= 4 is 104 Å². The summed E-state index contributed by atoms with van der Waals surface area (Å²) in [7, 11) is 0. The van der Waals surface area contributed by atoms with Crippen LogP contribution in [0.25, 0.3) is 0 Å². The number of alkyl halides is 9. The smallest absolute Gasteiger partial charge is 0.0874 e. The molecule has 0 aliphatic rings. The molecule has 0 heterocycles. The first-order valence-corrected chi connectivity index (χ1v) is 5.89. The van der Waals surface area contributed by atoms with Crippen LogP contribution in [0.5, 0.6) is 0 Å². The van der Waals surface area contributed by atoms with Gasteiger partial charge in [-0.1, -0.05) is 104 Å². The summed E-state index contributed by atoms with van der Waals surface area (Å²) in [6, 6.07) is 0. The molecule has 0 unspecified atom stereocenters. The first-order valence-electron chi connectivity index (χ1n) is 1.96. The Morgan fingerprint density at radius 1 is 0.333 bits per heavy atom. The van der Waals surface area contributed by atoms with Crippen LogP contribution in [0.4, 0.5) is 0 Å². The van der Waals surface area contributed by atoms with Crippen molar-refractivity contribution in [3.05, 3.63) is 0 Å². The van der Waals surface area contributed by atoms with Crippen molar-refractivity contribution < 1.29 is 0 Å². The zero-order valence-corrected chi connectivity index (χ0v) is 11.9. The Morgan fingerprint density at radius 2 is 0.333 bits per heavy atom. The molecule has 0 spiro atoms. The molecule has 12 heavy (non-hydrogen) atoms. The fraction of sp³-hybridized carbons (Fsp3) is 1.00. The van der Waals surface area contributed by atoms with E-state index < -0.39 is 12.9 Å². The van der Waals surface area contributed by atoms with Gasteiger partial charge >= 0.3 is 0 Å². The van der Waals surface area contributed by atoms with E-state index in [-0.39, 0.29) is 0 Å². The minimum absolute atomic E-state index is 0.750. The molecule has 0 nitrogen and oxygen atoms in total. The Morgan fingerprint density at radius 3 is 0.333 bits per heavy atom. The van der Waals surface area contributed by atoms with Crippen LogP contribution in [0.15, 0.2) is 0 Å². The van der Waals surface area contributed by atoms with Crippen molar-refractivity contribution in [1.29, 1.82) is 0 Å². The van der Waals surface area contributed by atoms with E-state index in [1.807, 2.05) is 0 Å². The fourth-order valence-electron chi connectivity index (χ4n) is 0. The molecule has 0 aliphatic heterocycles. The van der Waals surface area contributed by atoms with Gasteiger partial charge in [0.05, 0.1) is 0 Å². The fourth-order valence-corrected chi connectivity index (χ4v) is 0. The van der Waals surface area contributed by atoms with Gasteiger partial charge in [-0.3, -0.25) is 0 Å². The topological polar surface area (TPSA) is 0 Å². The maximum atomic E-state index is 4.81. The maximum Gasteiger partial charge on any atom is 0.180 e. The summed E-state index contributed by atoms with van der Waals surface area (Å²) in [4.78, 5) is 0. The Bertz CT molecular complexity index is 38.3. The van der Waals surface area contributed by atoms with Crippen molar-refractivity contribution in [2.45, 2.75) is 12.9 Å². The lowest BCUT2D eigenvalue weighted by Crippen LogP contribution is -1.55. The Kier molecular flexibility index (Phi) is 26.9. The third-order valence-corrected chi connectivity index (χ3v) is 0. The van der Waals surface area contributed by atoms with Crippen molar-refractivity contribution in [1.82, 2.24) is 0 Å². The summed E-state index contributed by atoms with van der Waals surface area (Å²) in [5, 5.41) is 0. The molecular formula is C3H3Cl9. The van der Waals surface area contributed by atoms with Crippen LogP contribution in [0.1, 0.15) is 0 Å². The number of hydrogen-bond acceptors (Lipinski definition) is 0. The molecule has 0 saturated heterocycles. The highest BCUT2D eigenvalue weighted by Crippen LogP contribution is 2.04. The second-order valence-corrected chi connectivity index (χ2v) is 6.68. The Hall–Kier alpha value is 2.61. The van der Waals surface area contributed by atoms with Crippen LogP contribution in [0, 0.1) is 0 Å². The van der Waals surface area contributed by atoms with E-state index in [2.05, 4.69) is 0 Å². The molecule has 0 aliphatic carbocycles. The van der Waals surface area contributed by atoms with Crippen LogP contribution in [0.2, 0.25) is 0 Å². The van der Waals surface area contributed by atoms with Gasteiger partial charge in [0.25, 0.3) is 0 Å². The van der Waals surface area contributed by atoms with E-state index in [9.17, 15) is 0 Å². The van der Waals surface area contributed by atoms with Gasteiger partial charge in [0.1, 0.15) is 0 Å². The summed E-state index contributed by atoms with van der Waals surface area (Å²) in [6.07, 6.45) is 0. The number of halogens is 9. The molecule has 0 aromatic rings. The molecule has 0 atom stereocenters. The Balaban J connectivity index is -0.000000101. The predicted molar refractivity (Wildman–Crippen MR) is 64.0 cm³/mol. The second-order valence-electron chi connectivity index (χ2n) is 0.742. The number of hydrogen-bond donors (Lipinski definition) is 0. The predicted octanol–water partition coefficient (Wildman–Crippen LogP) is 5.96. The average molecular weight is 358 g/mol. The van der Waals surface area contributed by atoms with Gasteiger partial charge < -0.3 is 0 Å². The average Bonchev–Trinajstić information content (AvgIpc) is 1.54. The molecule has 0 N–H and O–H groups in total. The third kappa shape index (κ3) is 250. The normalized spacial score (nSPS) is 9.00. The van der Waals surface area contributed by atoms with Gasteiger partial charge in [0.15, 0.2) is 12.9 Å². The van der Waals surface area contributed by atoms with E-state index in [0.717, 1.165) is 0 Å². The van der Waals surface area contributed by atoms with Crippen LogP contribution in [-0.4, -0.2) is 12.9 Å². The molecule has 9 heteroatoms. The van der Waals surface area contributed by atoms with Crippen molar-refractivity contribution in [3.63, 3.8) is 0 Å². The molecule has 78 valence electrons. The van der Waals surface area contributed by atoms with E-state index in [0.29, 0.717) is 0 Å². The minimum Gasteiger partial charge on any atom is -0.0874 e. The quantitative estimate of drug-likeness (QED) is 0.469. The van der Waals surface area contributed by atoms with Gasteiger partial charge in [0, 0.05) is 0 Å². The summed E-state index contributed by atoms with van der Waals surface area (Å²) in [5.41, 5.74) is 0. The summed E-state index contributed by atoms with van der Waals surface area (Å²) >= 11 is 43.3. The Labute approximate surface area is 116 Å². The van der Waals surface area contributed by atoms with Crippen LogP contribution >= 0.6 is 104 Å². The first-order chi connectivity index (χ1) is 5.20. The molecule has 0 bridgehead atoms. The zero-order valence-electron chi connectivity index (χ0n) is 5.13. The molecule has 0 aromatic carbocycles. The van der Waals surface area contributed by atoms with Gasteiger partial charge in [-0.25, -0.2) is 0 Å². The second kappa shape index (κ2) is 16.1. The first kappa shape index (κ1) is 20.1. The molecule has 0 rings (SSSR count). The number of rotatable bonds is 0. The zero-order chi connectivity index (χ0) is 10.7. The van der Waals surface area contributed by atoms with Gasteiger partial charge in [0.2, 0.25) is 0 Å². The highest BCUT2D eigenvalue weighted by atomic mass is 35.6. The van der Waals surface area contributed by atoms with E-state index in [4.69, 9.17) is 104 Å². The molecule has 0 amide bonds. The van der Waals surface area contributed by atoms with E-state index in [1.165, 1.54) is 0 Å². The van der Waals surface area contributed by atoms with Gasteiger partial charge in [-0.2, -0.15) is 0 Å². The van der Waals surface area contributed by atoms with E-state index in [1.54, 1.807) is 0 Å². The molecular weight excluding hydrogens is 355 g/mol. The monoisotopic (exact) mass is 354 g/mol. The lowest BCUT2D eigenvalue weighted by Gasteiger charge is -1.69. The van der Waals surface area contributed by atoms with Crippen molar-refractivity contribution in [3.8, 4) is 0 Å². The maximum absolute atomic E-state index is 4.81. The van der Waals surface area contributed by atoms with Crippen LogP contribution < -0.4 is 0 Å². The van der Waals surface area contributed by atoms with Crippen LogP contribution in [0.3, 0.4) is 0 Å². The van der Waals surface area contributed by atoms with E-state index >= 15 is 0 Å². The standard InChI is InChI=1S/3CHCl3/c3*2-1(3)4/h3*1H. The third-order valence-electron chi connectivity index (χ3n) is 0. The minimum atomic E-state index is -0.750. The lowest BCUT2D eigenvalue weighted by molar-refractivity contribution is 1.96. The van der Waals surface area contributed by atoms with Crippen molar-refractivity contribution in [2.24, 2.45) is 0 Å². The lowest BCUT2D eigenvalue weighted by atomic mass is 11.9.